The molecule has 1 aliphatic rings. The minimum Gasteiger partial charge on any atom is -0.389 e. The van der Waals surface area contributed by atoms with Crippen molar-refractivity contribution < 1.29 is 13.5 Å². The predicted molar refractivity (Wildman–Crippen MR) is 78.9 cm³/mol. The van der Waals surface area contributed by atoms with Gasteiger partial charge in [0.1, 0.15) is 4.99 Å². The summed E-state index contributed by atoms with van der Waals surface area (Å²) in [5.41, 5.74) is 5.24. The van der Waals surface area contributed by atoms with Crippen LogP contribution in [0.15, 0.2) is 12.1 Å². The second-order valence-electron chi connectivity index (χ2n) is 5.63. The summed E-state index contributed by atoms with van der Waals surface area (Å²) in [5.74, 6) is -1.96. The molecule has 1 aliphatic carbocycles. The zero-order valence-electron chi connectivity index (χ0n) is 11.7. The molecule has 0 spiro atoms. The Kier molecular flexibility index (Phi) is 3.97. The molecule has 2 rings (SSSR count). The largest absolute Gasteiger partial charge is 0.389 e. The van der Waals surface area contributed by atoms with Crippen LogP contribution in [0.1, 0.15) is 25.8 Å². The van der Waals surface area contributed by atoms with Crippen molar-refractivity contribution >= 4 is 22.9 Å². The Morgan fingerprint density at radius 1 is 1.40 bits per heavy atom. The molecule has 0 heterocycles. The van der Waals surface area contributed by atoms with Gasteiger partial charge in [-0.05, 0) is 18.6 Å². The van der Waals surface area contributed by atoms with Crippen molar-refractivity contribution in [2.45, 2.75) is 32.4 Å². The van der Waals surface area contributed by atoms with Crippen molar-refractivity contribution in [1.29, 1.82) is 0 Å². The van der Waals surface area contributed by atoms with Crippen LogP contribution >= 0.6 is 12.2 Å². The number of hydrogen-bond donors (Lipinski definition) is 2. The summed E-state index contributed by atoms with van der Waals surface area (Å²) >= 11 is 4.68. The highest BCUT2D eigenvalue weighted by molar-refractivity contribution is 7.80. The number of hydrogen-bond acceptors (Lipinski definition) is 3. The van der Waals surface area contributed by atoms with E-state index in [2.05, 4.69) is 17.5 Å². The Bertz CT molecular complexity index is 548. The van der Waals surface area contributed by atoms with Crippen LogP contribution in [-0.4, -0.2) is 24.2 Å². The fourth-order valence-electron chi connectivity index (χ4n) is 2.57. The van der Waals surface area contributed by atoms with E-state index in [0.717, 1.165) is 6.42 Å². The van der Waals surface area contributed by atoms with Crippen LogP contribution in [0.2, 0.25) is 0 Å². The average Bonchev–Trinajstić information content (AvgIpc) is 2.38. The monoisotopic (exact) mass is 300 g/mol. The van der Waals surface area contributed by atoms with Crippen LogP contribution < -0.4 is 11.1 Å². The van der Waals surface area contributed by atoms with Gasteiger partial charge in [-0.1, -0.05) is 26.1 Å². The van der Waals surface area contributed by atoms with Crippen molar-refractivity contribution in [2.24, 2.45) is 11.1 Å². The maximum absolute atomic E-state index is 14.0. The van der Waals surface area contributed by atoms with Gasteiger partial charge < -0.3 is 15.8 Å². The van der Waals surface area contributed by atoms with E-state index in [1.54, 1.807) is 7.11 Å². The van der Waals surface area contributed by atoms with Gasteiger partial charge >= 0.3 is 0 Å². The number of anilines is 1. The van der Waals surface area contributed by atoms with Gasteiger partial charge in [-0.3, -0.25) is 0 Å². The highest BCUT2D eigenvalue weighted by Gasteiger charge is 2.48. The first kappa shape index (κ1) is 15.1. The van der Waals surface area contributed by atoms with Gasteiger partial charge in [0.2, 0.25) is 0 Å². The number of nitrogens with one attached hydrogen (secondary N) is 1. The maximum Gasteiger partial charge on any atom is 0.182 e. The maximum atomic E-state index is 14.0. The standard InChI is InChI=1S/C14H18F2N2OS/c1-14(2)9(6-10(14)19-3)18-8-5-4-7(13(17)20)11(15)12(8)16/h4-5,9-10,18H,6H2,1-3H3,(H2,17,20). The Morgan fingerprint density at radius 2 is 2.05 bits per heavy atom. The van der Waals surface area contributed by atoms with Crippen LogP contribution in [0.4, 0.5) is 14.5 Å². The first-order valence-corrected chi connectivity index (χ1v) is 6.77. The first-order chi connectivity index (χ1) is 9.28. The number of thiocarbonyl (C=S) groups is 1. The minimum atomic E-state index is -1.01. The topological polar surface area (TPSA) is 47.3 Å². The third kappa shape index (κ3) is 2.38. The van der Waals surface area contributed by atoms with E-state index in [4.69, 9.17) is 10.5 Å². The van der Waals surface area contributed by atoms with Crippen molar-refractivity contribution in [2.75, 3.05) is 12.4 Å². The molecular weight excluding hydrogens is 282 g/mol. The summed E-state index contributed by atoms with van der Waals surface area (Å²) in [6.07, 6.45) is 0.866. The molecule has 0 saturated heterocycles. The smallest absolute Gasteiger partial charge is 0.182 e. The second kappa shape index (κ2) is 5.26. The summed E-state index contributed by atoms with van der Waals surface area (Å²) in [4.78, 5) is -0.156. The van der Waals surface area contributed by atoms with Gasteiger partial charge in [-0.2, -0.15) is 0 Å². The van der Waals surface area contributed by atoms with Crippen molar-refractivity contribution in [1.82, 2.24) is 0 Å². The van der Waals surface area contributed by atoms with E-state index in [0.29, 0.717) is 0 Å². The highest BCUT2D eigenvalue weighted by atomic mass is 32.1. The van der Waals surface area contributed by atoms with Gasteiger partial charge in [0.05, 0.1) is 11.8 Å². The third-order valence-corrected chi connectivity index (χ3v) is 4.36. The molecular formula is C14H18F2N2OS. The SMILES string of the molecule is COC1CC(Nc2ccc(C(N)=S)c(F)c2F)C1(C)C. The summed E-state index contributed by atoms with van der Waals surface area (Å²) in [6, 6.07) is 2.88. The van der Waals surface area contributed by atoms with Crippen molar-refractivity contribution in [3.05, 3.63) is 29.3 Å². The molecule has 0 aliphatic heterocycles. The number of halogens is 2. The van der Waals surface area contributed by atoms with Gasteiger partial charge in [-0.15, -0.1) is 0 Å². The normalized spacial score (nSPS) is 24.1. The summed E-state index contributed by atoms with van der Waals surface area (Å²) < 4.78 is 33.1. The van der Waals surface area contributed by atoms with Gasteiger partial charge in [0, 0.05) is 24.1 Å². The van der Waals surface area contributed by atoms with E-state index < -0.39 is 11.6 Å². The lowest BCUT2D eigenvalue weighted by atomic mass is 9.64. The number of rotatable bonds is 4. The molecule has 2 atom stereocenters. The molecule has 3 N–H and O–H groups in total. The van der Waals surface area contributed by atoms with Gasteiger partial charge in [0.15, 0.2) is 11.6 Å². The zero-order chi connectivity index (χ0) is 15.1. The Labute approximate surface area is 122 Å². The zero-order valence-corrected chi connectivity index (χ0v) is 12.5. The molecule has 1 saturated carbocycles. The molecule has 0 radical (unpaired) electrons. The molecule has 6 heteroatoms. The Morgan fingerprint density at radius 3 is 2.55 bits per heavy atom. The fraction of sp³-hybridized carbons (Fsp3) is 0.500. The van der Waals surface area contributed by atoms with E-state index in [9.17, 15) is 8.78 Å². The van der Waals surface area contributed by atoms with E-state index in [-0.39, 0.29) is 33.8 Å². The third-order valence-electron chi connectivity index (χ3n) is 4.14. The second-order valence-corrected chi connectivity index (χ2v) is 6.07. The van der Waals surface area contributed by atoms with Crippen LogP contribution in [-0.2, 0) is 4.74 Å². The van der Waals surface area contributed by atoms with Crippen LogP contribution in [0, 0.1) is 17.0 Å². The lowest BCUT2D eigenvalue weighted by Crippen LogP contribution is -2.57. The molecule has 0 bridgehead atoms. The van der Waals surface area contributed by atoms with Gasteiger partial charge in [-0.25, -0.2) is 8.78 Å². The minimum absolute atomic E-state index is 0.0250. The number of ether oxygens (including phenoxy) is 1. The summed E-state index contributed by atoms with van der Waals surface area (Å²) in [5, 5.41) is 3.03. The molecule has 1 aromatic carbocycles. The van der Waals surface area contributed by atoms with Crippen LogP contribution in [0.3, 0.4) is 0 Å². The molecule has 1 fully saturated rings. The van der Waals surface area contributed by atoms with Crippen LogP contribution in [0.5, 0.6) is 0 Å². The molecule has 0 aromatic heterocycles. The molecule has 2 unspecified atom stereocenters. The molecule has 1 aromatic rings. The molecule has 0 amide bonds. The Hall–Kier alpha value is -1.27. The predicted octanol–water partition coefficient (Wildman–Crippen LogP) is 2.82. The number of benzene rings is 1. The lowest BCUT2D eigenvalue weighted by molar-refractivity contribution is -0.0795. The van der Waals surface area contributed by atoms with E-state index in [1.807, 2.05) is 13.8 Å². The number of methoxy groups -OCH3 is 1. The average molecular weight is 300 g/mol. The lowest BCUT2D eigenvalue weighted by Gasteiger charge is -2.51. The van der Waals surface area contributed by atoms with Crippen LogP contribution in [0.25, 0.3) is 0 Å². The fourth-order valence-corrected chi connectivity index (χ4v) is 2.73. The van der Waals surface area contributed by atoms with Gasteiger partial charge in [0.25, 0.3) is 0 Å². The van der Waals surface area contributed by atoms with Crippen molar-refractivity contribution in [3.63, 3.8) is 0 Å². The number of nitrogens with two attached hydrogens (primary N) is 1. The molecule has 3 nitrogen and oxygen atoms in total. The summed E-state index contributed by atoms with van der Waals surface area (Å²) in [6.45, 7) is 4.06. The van der Waals surface area contributed by atoms with E-state index in [1.165, 1.54) is 12.1 Å². The molecule has 110 valence electrons. The first-order valence-electron chi connectivity index (χ1n) is 6.36. The van der Waals surface area contributed by atoms with E-state index >= 15 is 0 Å². The molecule has 20 heavy (non-hydrogen) atoms. The van der Waals surface area contributed by atoms with Crippen molar-refractivity contribution in [3.8, 4) is 0 Å². The summed E-state index contributed by atoms with van der Waals surface area (Å²) in [7, 11) is 1.65. The highest BCUT2D eigenvalue weighted by Crippen LogP contribution is 2.44. The quantitative estimate of drug-likeness (QED) is 0.840. The Balaban J connectivity index is 2.20.